The molecule has 6 nitrogen and oxygen atoms in total. The number of aliphatic hydroxyl groups excluding tert-OH is 1. The summed E-state index contributed by atoms with van der Waals surface area (Å²) in [6, 6.07) is 4.84. The minimum atomic E-state index is -3.58. The van der Waals surface area contributed by atoms with Crippen molar-refractivity contribution in [3.8, 4) is 5.75 Å². The van der Waals surface area contributed by atoms with Crippen LogP contribution in [0.2, 0.25) is 0 Å². The molecule has 0 fully saturated rings. The molecule has 7 heteroatoms. The lowest BCUT2D eigenvalue weighted by Crippen LogP contribution is -2.36. The molecule has 0 aliphatic rings. The Morgan fingerprint density at radius 3 is 2.46 bits per heavy atom. The van der Waals surface area contributed by atoms with Crippen LogP contribution in [0.15, 0.2) is 23.1 Å². The van der Waals surface area contributed by atoms with Gasteiger partial charge in [0.05, 0.1) is 11.5 Å². The van der Waals surface area contributed by atoms with Gasteiger partial charge >= 0.3 is 0 Å². The number of hydrogen-bond donors (Lipinski definition) is 1. The predicted octanol–water partition coefficient (Wildman–Crippen LogP) is 2.05. The van der Waals surface area contributed by atoms with Gasteiger partial charge in [-0.3, -0.25) is 0 Å². The highest BCUT2D eigenvalue weighted by Crippen LogP contribution is 2.27. The Morgan fingerprint density at radius 1 is 1.25 bits per heavy atom. The number of nitrogens with zero attached hydrogens (tertiary/aromatic N) is 1. The summed E-state index contributed by atoms with van der Waals surface area (Å²) in [6.45, 7) is 6.95. The van der Waals surface area contributed by atoms with Gasteiger partial charge in [0.1, 0.15) is 12.4 Å². The van der Waals surface area contributed by atoms with Gasteiger partial charge in [-0.2, -0.15) is 0 Å². The van der Waals surface area contributed by atoms with Gasteiger partial charge in [0, 0.05) is 27.3 Å². The van der Waals surface area contributed by atoms with Gasteiger partial charge < -0.3 is 14.6 Å². The molecular weight excluding hydrogens is 330 g/mol. The maximum atomic E-state index is 12.7. The van der Waals surface area contributed by atoms with Crippen LogP contribution in [-0.4, -0.2) is 58.4 Å². The molecule has 0 aliphatic heterocycles. The Bertz CT molecular complexity index is 628. The van der Waals surface area contributed by atoms with Crippen LogP contribution in [0.5, 0.6) is 5.75 Å². The summed E-state index contributed by atoms with van der Waals surface area (Å²) in [5.41, 5.74) is 0.463. The molecule has 24 heavy (non-hydrogen) atoms. The molecular formula is C17H29NO5S. The molecule has 1 N–H and O–H groups in total. The first-order valence-electron chi connectivity index (χ1n) is 7.93. The average Bonchev–Trinajstić information content (AvgIpc) is 2.48. The molecule has 1 rings (SSSR count). The maximum absolute atomic E-state index is 12.7. The second-order valence-electron chi connectivity index (χ2n) is 6.67. The van der Waals surface area contributed by atoms with Crippen LogP contribution in [0, 0.1) is 12.3 Å². The quantitative estimate of drug-likeness (QED) is 0.647. The first-order valence-corrected chi connectivity index (χ1v) is 9.37. The molecule has 0 saturated heterocycles. The van der Waals surface area contributed by atoms with Crippen LogP contribution in [-0.2, 0) is 14.8 Å². The lowest BCUT2D eigenvalue weighted by Gasteiger charge is -2.29. The lowest BCUT2D eigenvalue weighted by molar-refractivity contribution is 0.146. The summed E-state index contributed by atoms with van der Waals surface area (Å²) in [5.74, 6) is 0.647. The number of aryl methyl sites for hydroxylation is 1. The maximum Gasteiger partial charge on any atom is 0.242 e. The van der Waals surface area contributed by atoms with E-state index in [0.29, 0.717) is 31.9 Å². The second kappa shape index (κ2) is 8.80. The summed E-state index contributed by atoms with van der Waals surface area (Å²) in [4.78, 5) is 0.237. The van der Waals surface area contributed by atoms with Crippen molar-refractivity contribution in [1.82, 2.24) is 4.31 Å². The Morgan fingerprint density at radius 2 is 1.92 bits per heavy atom. The smallest absolute Gasteiger partial charge is 0.242 e. The molecule has 1 aromatic carbocycles. The zero-order valence-electron chi connectivity index (χ0n) is 15.2. The Kier molecular flexibility index (Phi) is 7.66. The number of aliphatic hydroxyl groups is 1. The Labute approximate surface area is 145 Å². The van der Waals surface area contributed by atoms with Crippen LogP contribution in [0.3, 0.4) is 0 Å². The fourth-order valence-electron chi connectivity index (χ4n) is 2.43. The van der Waals surface area contributed by atoms with Crippen molar-refractivity contribution in [1.29, 1.82) is 0 Å². The molecule has 0 heterocycles. The van der Waals surface area contributed by atoms with E-state index in [1.165, 1.54) is 4.31 Å². The fourth-order valence-corrected chi connectivity index (χ4v) is 3.87. The van der Waals surface area contributed by atoms with Crippen molar-refractivity contribution < 1.29 is 23.0 Å². The standard InChI is InChI=1S/C17H29NO5S/c1-14-12-15(6-7-16(14)23-11-10-22-5)24(20,21)18(4)13-17(2,3)8-9-19/h6-7,12,19H,8-11,13H2,1-5H3. The van der Waals surface area contributed by atoms with Crippen LogP contribution in [0.25, 0.3) is 0 Å². The molecule has 0 saturated carbocycles. The third-order valence-corrected chi connectivity index (χ3v) is 5.64. The largest absolute Gasteiger partial charge is 0.491 e. The van der Waals surface area contributed by atoms with E-state index in [4.69, 9.17) is 14.6 Å². The molecule has 0 aromatic heterocycles. The van der Waals surface area contributed by atoms with Gasteiger partial charge in [-0.25, -0.2) is 12.7 Å². The van der Waals surface area contributed by atoms with E-state index in [2.05, 4.69) is 0 Å². The van der Waals surface area contributed by atoms with E-state index in [0.717, 1.165) is 5.56 Å². The number of benzene rings is 1. The molecule has 0 unspecified atom stereocenters. The highest BCUT2D eigenvalue weighted by Gasteiger charge is 2.28. The van der Waals surface area contributed by atoms with Gasteiger partial charge in [0.15, 0.2) is 0 Å². The van der Waals surface area contributed by atoms with Crippen molar-refractivity contribution in [2.24, 2.45) is 5.41 Å². The molecule has 1 aromatic rings. The highest BCUT2D eigenvalue weighted by atomic mass is 32.2. The summed E-state index contributed by atoms with van der Waals surface area (Å²) in [6.07, 6.45) is 0.540. The van der Waals surface area contributed by atoms with Gasteiger partial charge in [-0.15, -0.1) is 0 Å². The summed E-state index contributed by atoms with van der Waals surface area (Å²) >= 11 is 0. The van der Waals surface area contributed by atoms with Crippen molar-refractivity contribution in [3.63, 3.8) is 0 Å². The molecule has 0 amide bonds. The van der Waals surface area contributed by atoms with Crippen molar-refractivity contribution in [3.05, 3.63) is 23.8 Å². The highest BCUT2D eigenvalue weighted by molar-refractivity contribution is 7.89. The van der Waals surface area contributed by atoms with Gasteiger partial charge in [-0.1, -0.05) is 13.8 Å². The van der Waals surface area contributed by atoms with E-state index in [-0.39, 0.29) is 16.9 Å². The molecule has 0 atom stereocenters. The van der Waals surface area contributed by atoms with Crippen LogP contribution < -0.4 is 4.74 Å². The molecule has 138 valence electrons. The van der Waals surface area contributed by atoms with Crippen molar-refractivity contribution in [2.75, 3.05) is 40.5 Å². The first-order chi connectivity index (χ1) is 11.1. The first kappa shape index (κ1) is 20.9. The number of rotatable bonds is 10. The Hall–Kier alpha value is -1.15. The van der Waals surface area contributed by atoms with Crippen molar-refractivity contribution in [2.45, 2.75) is 32.1 Å². The van der Waals surface area contributed by atoms with Crippen LogP contribution in [0.1, 0.15) is 25.8 Å². The molecule has 0 spiro atoms. The fraction of sp³-hybridized carbons (Fsp3) is 0.647. The van der Waals surface area contributed by atoms with E-state index in [1.54, 1.807) is 32.4 Å². The third kappa shape index (κ3) is 5.73. The van der Waals surface area contributed by atoms with Gasteiger partial charge in [-0.05, 0) is 42.5 Å². The summed E-state index contributed by atoms with van der Waals surface area (Å²) in [7, 11) is -0.424. The van der Waals surface area contributed by atoms with E-state index < -0.39 is 10.0 Å². The predicted molar refractivity (Wildman–Crippen MR) is 93.8 cm³/mol. The Balaban J connectivity index is 2.92. The van der Waals surface area contributed by atoms with Crippen molar-refractivity contribution >= 4 is 10.0 Å². The average molecular weight is 359 g/mol. The van der Waals surface area contributed by atoms with Crippen LogP contribution >= 0.6 is 0 Å². The summed E-state index contributed by atoms with van der Waals surface area (Å²) in [5, 5.41) is 9.10. The minimum absolute atomic E-state index is 0.0352. The monoisotopic (exact) mass is 359 g/mol. The van der Waals surface area contributed by atoms with E-state index >= 15 is 0 Å². The van der Waals surface area contributed by atoms with Crippen LogP contribution in [0.4, 0.5) is 0 Å². The topological polar surface area (TPSA) is 76.1 Å². The van der Waals surface area contributed by atoms with E-state index in [9.17, 15) is 8.42 Å². The number of ether oxygens (including phenoxy) is 2. The molecule has 0 aliphatic carbocycles. The molecule has 0 bridgehead atoms. The lowest BCUT2D eigenvalue weighted by atomic mass is 9.90. The number of methoxy groups -OCH3 is 1. The zero-order valence-corrected chi connectivity index (χ0v) is 16.0. The minimum Gasteiger partial charge on any atom is -0.491 e. The van der Waals surface area contributed by atoms with E-state index in [1.807, 2.05) is 20.8 Å². The normalized spacial score (nSPS) is 12.6. The summed E-state index contributed by atoms with van der Waals surface area (Å²) < 4.78 is 37.3. The third-order valence-electron chi connectivity index (χ3n) is 3.84. The molecule has 0 radical (unpaired) electrons. The van der Waals surface area contributed by atoms with Gasteiger partial charge in [0.2, 0.25) is 10.0 Å². The van der Waals surface area contributed by atoms with Gasteiger partial charge in [0.25, 0.3) is 0 Å². The second-order valence-corrected chi connectivity index (χ2v) is 8.71. The zero-order chi connectivity index (χ0) is 18.4. The number of hydrogen-bond acceptors (Lipinski definition) is 5. The SMILES string of the molecule is COCCOc1ccc(S(=O)(=O)N(C)CC(C)(C)CCO)cc1C. The number of sulfonamides is 1.